The molecule has 0 heterocycles. The van der Waals surface area contributed by atoms with Gasteiger partial charge in [-0.1, -0.05) is 12.1 Å². The van der Waals surface area contributed by atoms with E-state index in [2.05, 4.69) is 5.32 Å². The fourth-order valence-corrected chi connectivity index (χ4v) is 2.56. The maximum atomic E-state index is 12.2. The van der Waals surface area contributed by atoms with Crippen LogP contribution in [0.5, 0.6) is 11.5 Å². The van der Waals surface area contributed by atoms with E-state index in [1.54, 1.807) is 24.1 Å². The van der Waals surface area contributed by atoms with Gasteiger partial charge in [0, 0.05) is 32.1 Å². The Labute approximate surface area is 160 Å². The molecule has 144 valence electrons. The number of amides is 2. The van der Waals surface area contributed by atoms with Crippen molar-refractivity contribution in [2.45, 2.75) is 26.8 Å². The molecular weight excluding hydrogens is 344 g/mol. The molecule has 0 saturated carbocycles. The van der Waals surface area contributed by atoms with Crippen molar-refractivity contribution < 1.29 is 19.1 Å². The van der Waals surface area contributed by atoms with E-state index in [4.69, 9.17) is 9.47 Å². The highest BCUT2D eigenvalue weighted by atomic mass is 16.5. The van der Waals surface area contributed by atoms with Crippen LogP contribution in [-0.4, -0.2) is 37.0 Å². The maximum absolute atomic E-state index is 12.2. The second-order valence-electron chi connectivity index (χ2n) is 6.04. The molecule has 0 bridgehead atoms. The Balaban J connectivity index is 1.86. The summed E-state index contributed by atoms with van der Waals surface area (Å²) in [7, 11) is 1.61. The fraction of sp³-hybridized carbons (Fsp3) is 0.333. The second kappa shape index (κ2) is 10.2. The molecule has 27 heavy (non-hydrogen) atoms. The molecule has 0 atom stereocenters. The largest absolute Gasteiger partial charge is 0.497 e. The number of hydrogen-bond acceptors (Lipinski definition) is 4. The number of nitrogens with zero attached hydrogens (tertiary/aromatic N) is 1. The quantitative estimate of drug-likeness (QED) is 0.734. The standard InChI is InChI=1S/C21H26N2O4/c1-4-27-20-11-7-18(8-12-20)22-21(25)13-14-23(16(2)24)15-17-5-9-19(26-3)10-6-17/h5-12H,4,13-15H2,1-3H3,(H,22,25). The highest BCUT2D eigenvalue weighted by Crippen LogP contribution is 2.16. The summed E-state index contributed by atoms with van der Waals surface area (Å²) in [6.45, 7) is 4.83. The normalized spacial score (nSPS) is 10.2. The van der Waals surface area contributed by atoms with E-state index in [1.165, 1.54) is 6.92 Å². The van der Waals surface area contributed by atoms with E-state index >= 15 is 0 Å². The van der Waals surface area contributed by atoms with E-state index in [0.29, 0.717) is 25.4 Å². The minimum absolute atomic E-state index is 0.0697. The minimum Gasteiger partial charge on any atom is -0.497 e. The van der Waals surface area contributed by atoms with Gasteiger partial charge in [-0.3, -0.25) is 9.59 Å². The maximum Gasteiger partial charge on any atom is 0.226 e. The number of carbonyl (C=O) groups excluding carboxylic acids is 2. The molecule has 0 spiro atoms. The summed E-state index contributed by atoms with van der Waals surface area (Å²) in [6.07, 6.45) is 0.225. The van der Waals surface area contributed by atoms with Crippen molar-refractivity contribution in [2.75, 3.05) is 25.6 Å². The molecule has 1 N–H and O–H groups in total. The van der Waals surface area contributed by atoms with E-state index in [-0.39, 0.29) is 18.2 Å². The van der Waals surface area contributed by atoms with Crippen LogP contribution in [0.4, 0.5) is 5.69 Å². The van der Waals surface area contributed by atoms with Crippen LogP contribution in [0.15, 0.2) is 48.5 Å². The van der Waals surface area contributed by atoms with Crippen LogP contribution in [-0.2, 0) is 16.1 Å². The molecule has 0 aliphatic heterocycles. The third-order valence-corrected chi connectivity index (χ3v) is 4.04. The van der Waals surface area contributed by atoms with Gasteiger partial charge in [0.15, 0.2) is 0 Å². The highest BCUT2D eigenvalue weighted by molar-refractivity contribution is 5.91. The van der Waals surface area contributed by atoms with Crippen LogP contribution < -0.4 is 14.8 Å². The van der Waals surface area contributed by atoms with Gasteiger partial charge in [-0.2, -0.15) is 0 Å². The van der Waals surface area contributed by atoms with Crippen LogP contribution in [0.25, 0.3) is 0 Å². The summed E-state index contributed by atoms with van der Waals surface area (Å²) in [5.74, 6) is 1.32. The Kier molecular flexibility index (Phi) is 7.67. The predicted octanol–water partition coefficient (Wildman–Crippen LogP) is 3.47. The van der Waals surface area contributed by atoms with Gasteiger partial charge in [-0.15, -0.1) is 0 Å². The third kappa shape index (κ3) is 6.66. The molecule has 0 aromatic heterocycles. The van der Waals surface area contributed by atoms with Crippen LogP contribution in [0, 0.1) is 0 Å². The summed E-state index contributed by atoms with van der Waals surface area (Å²) in [5, 5.41) is 2.84. The first kappa shape index (κ1) is 20.3. The van der Waals surface area contributed by atoms with Crippen LogP contribution >= 0.6 is 0 Å². The number of ether oxygens (including phenoxy) is 2. The van der Waals surface area contributed by atoms with Gasteiger partial charge in [-0.25, -0.2) is 0 Å². The lowest BCUT2D eigenvalue weighted by Crippen LogP contribution is -2.31. The first-order valence-electron chi connectivity index (χ1n) is 8.93. The summed E-state index contributed by atoms with van der Waals surface area (Å²) < 4.78 is 10.5. The summed E-state index contributed by atoms with van der Waals surface area (Å²) in [6, 6.07) is 14.7. The molecule has 0 unspecified atom stereocenters. The Morgan fingerprint density at radius 3 is 2.19 bits per heavy atom. The van der Waals surface area contributed by atoms with Gasteiger partial charge in [0.1, 0.15) is 11.5 Å². The van der Waals surface area contributed by atoms with Crippen LogP contribution in [0.3, 0.4) is 0 Å². The molecule has 2 rings (SSSR count). The number of benzene rings is 2. The molecule has 2 aromatic rings. The predicted molar refractivity (Wildman–Crippen MR) is 105 cm³/mol. The van der Waals surface area contributed by atoms with Crippen molar-refractivity contribution in [1.82, 2.24) is 4.90 Å². The van der Waals surface area contributed by atoms with Crippen LogP contribution in [0.2, 0.25) is 0 Å². The summed E-state index contributed by atoms with van der Waals surface area (Å²) >= 11 is 0. The Hall–Kier alpha value is -3.02. The Morgan fingerprint density at radius 2 is 1.63 bits per heavy atom. The average molecular weight is 370 g/mol. The zero-order valence-corrected chi connectivity index (χ0v) is 16.0. The number of methoxy groups -OCH3 is 1. The van der Waals surface area contributed by atoms with Crippen molar-refractivity contribution in [3.8, 4) is 11.5 Å². The van der Waals surface area contributed by atoms with Gasteiger partial charge >= 0.3 is 0 Å². The van der Waals surface area contributed by atoms with Gasteiger partial charge < -0.3 is 19.7 Å². The zero-order chi connectivity index (χ0) is 19.6. The SMILES string of the molecule is CCOc1ccc(NC(=O)CCN(Cc2ccc(OC)cc2)C(C)=O)cc1. The van der Waals surface area contributed by atoms with Gasteiger partial charge in [-0.05, 0) is 48.9 Å². The smallest absolute Gasteiger partial charge is 0.226 e. The lowest BCUT2D eigenvalue weighted by molar-refractivity contribution is -0.129. The van der Waals surface area contributed by atoms with E-state index in [0.717, 1.165) is 17.1 Å². The van der Waals surface area contributed by atoms with Crippen molar-refractivity contribution in [2.24, 2.45) is 0 Å². The number of rotatable bonds is 9. The van der Waals surface area contributed by atoms with Crippen molar-refractivity contribution in [3.05, 3.63) is 54.1 Å². The monoisotopic (exact) mass is 370 g/mol. The Bertz CT molecular complexity index is 742. The number of carbonyl (C=O) groups is 2. The molecule has 0 radical (unpaired) electrons. The van der Waals surface area contributed by atoms with Gasteiger partial charge in [0.05, 0.1) is 13.7 Å². The van der Waals surface area contributed by atoms with Gasteiger partial charge in [0.2, 0.25) is 11.8 Å². The first-order valence-corrected chi connectivity index (χ1v) is 8.93. The fourth-order valence-electron chi connectivity index (χ4n) is 2.56. The lowest BCUT2D eigenvalue weighted by atomic mass is 10.2. The van der Waals surface area contributed by atoms with Crippen molar-refractivity contribution in [1.29, 1.82) is 0 Å². The zero-order valence-electron chi connectivity index (χ0n) is 16.0. The molecule has 6 heteroatoms. The van der Waals surface area contributed by atoms with E-state index < -0.39 is 0 Å². The second-order valence-corrected chi connectivity index (χ2v) is 6.04. The van der Waals surface area contributed by atoms with Crippen molar-refractivity contribution in [3.63, 3.8) is 0 Å². The minimum atomic E-state index is -0.139. The molecule has 0 saturated heterocycles. The third-order valence-electron chi connectivity index (χ3n) is 4.04. The Morgan fingerprint density at radius 1 is 1.00 bits per heavy atom. The average Bonchev–Trinajstić information content (AvgIpc) is 2.67. The number of anilines is 1. The molecule has 6 nitrogen and oxygen atoms in total. The lowest BCUT2D eigenvalue weighted by Gasteiger charge is -2.21. The van der Waals surface area contributed by atoms with Gasteiger partial charge in [0.25, 0.3) is 0 Å². The first-order chi connectivity index (χ1) is 13.0. The number of hydrogen-bond donors (Lipinski definition) is 1. The highest BCUT2D eigenvalue weighted by Gasteiger charge is 2.12. The molecular formula is C21H26N2O4. The molecule has 0 aliphatic rings. The topological polar surface area (TPSA) is 67.9 Å². The summed E-state index contributed by atoms with van der Waals surface area (Å²) in [4.78, 5) is 25.7. The molecule has 2 aromatic carbocycles. The molecule has 0 aliphatic carbocycles. The summed E-state index contributed by atoms with van der Waals surface area (Å²) in [5.41, 5.74) is 1.69. The number of nitrogens with one attached hydrogen (secondary N) is 1. The van der Waals surface area contributed by atoms with Crippen LogP contribution in [0.1, 0.15) is 25.8 Å². The molecule has 2 amide bonds. The van der Waals surface area contributed by atoms with E-state index in [1.807, 2.05) is 43.3 Å². The van der Waals surface area contributed by atoms with E-state index in [9.17, 15) is 9.59 Å². The van der Waals surface area contributed by atoms with Crippen molar-refractivity contribution >= 4 is 17.5 Å². The molecule has 0 fully saturated rings.